The zero-order valence-electron chi connectivity index (χ0n) is 11.4. The Hall–Kier alpha value is -1.94. The molecule has 2 heterocycles. The van der Waals surface area contributed by atoms with Gasteiger partial charge in [-0.1, -0.05) is 19.1 Å². The van der Waals surface area contributed by atoms with Gasteiger partial charge >= 0.3 is 0 Å². The molecule has 0 aromatic carbocycles. The van der Waals surface area contributed by atoms with Crippen molar-refractivity contribution in [3.8, 4) is 5.88 Å². The average molecular weight is 257 g/mol. The number of nitrogens with zero attached hydrogens (tertiary/aromatic N) is 2. The van der Waals surface area contributed by atoms with E-state index < -0.39 is 0 Å². The molecule has 0 aliphatic heterocycles. The molecule has 0 unspecified atom stereocenters. The fourth-order valence-corrected chi connectivity index (χ4v) is 1.91. The molecule has 0 bridgehead atoms. The molecule has 2 aromatic heterocycles. The van der Waals surface area contributed by atoms with Crippen molar-refractivity contribution in [2.45, 2.75) is 26.4 Å². The predicted molar refractivity (Wildman–Crippen MR) is 74.9 cm³/mol. The van der Waals surface area contributed by atoms with Gasteiger partial charge in [0.25, 0.3) is 0 Å². The lowest BCUT2D eigenvalue weighted by molar-refractivity contribution is 0.397. The summed E-state index contributed by atoms with van der Waals surface area (Å²) in [6.07, 6.45) is 4.67. The summed E-state index contributed by atoms with van der Waals surface area (Å²) in [7, 11) is 1.62. The highest BCUT2D eigenvalue weighted by atomic mass is 16.5. The molecule has 2 rings (SSSR count). The molecular weight excluding hydrogens is 238 g/mol. The van der Waals surface area contributed by atoms with Crippen LogP contribution in [0.1, 0.15) is 23.7 Å². The first kappa shape index (κ1) is 13.5. The van der Waals surface area contributed by atoms with Crippen molar-refractivity contribution in [2.24, 2.45) is 0 Å². The maximum absolute atomic E-state index is 5.03. The SMILES string of the molecule is CCc1cccnc1CNCc1ccc(OC)nc1. The van der Waals surface area contributed by atoms with E-state index in [0.29, 0.717) is 5.88 Å². The second-order valence-corrected chi connectivity index (χ2v) is 4.28. The standard InChI is InChI=1S/C15H19N3O/c1-3-13-5-4-8-17-14(13)11-16-9-12-6-7-15(19-2)18-10-12/h4-8,10,16H,3,9,11H2,1-2H3. The van der Waals surface area contributed by atoms with E-state index in [1.54, 1.807) is 7.11 Å². The molecule has 0 saturated heterocycles. The van der Waals surface area contributed by atoms with Gasteiger partial charge in [0.05, 0.1) is 12.8 Å². The van der Waals surface area contributed by atoms with Crippen LogP contribution in [0.4, 0.5) is 0 Å². The molecule has 0 aliphatic carbocycles. The van der Waals surface area contributed by atoms with Crippen molar-refractivity contribution in [1.82, 2.24) is 15.3 Å². The number of hydrogen-bond acceptors (Lipinski definition) is 4. The molecule has 19 heavy (non-hydrogen) atoms. The fourth-order valence-electron chi connectivity index (χ4n) is 1.91. The zero-order chi connectivity index (χ0) is 13.5. The van der Waals surface area contributed by atoms with E-state index in [2.05, 4.69) is 28.3 Å². The molecule has 1 N–H and O–H groups in total. The van der Waals surface area contributed by atoms with Crippen LogP contribution in [0.3, 0.4) is 0 Å². The van der Waals surface area contributed by atoms with Crippen LogP contribution in [-0.2, 0) is 19.5 Å². The zero-order valence-corrected chi connectivity index (χ0v) is 11.4. The number of methoxy groups -OCH3 is 1. The minimum Gasteiger partial charge on any atom is -0.481 e. The minimum absolute atomic E-state index is 0.641. The Kier molecular flexibility index (Phi) is 4.86. The van der Waals surface area contributed by atoms with Crippen LogP contribution >= 0.6 is 0 Å². The first-order valence-corrected chi connectivity index (χ1v) is 6.46. The molecule has 0 fully saturated rings. The van der Waals surface area contributed by atoms with Gasteiger partial charge in [0, 0.05) is 31.5 Å². The van der Waals surface area contributed by atoms with Gasteiger partial charge in [0.2, 0.25) is 5.88 Å². The molecule has 0 amide bonds. The lowest BCUT2D eigenvalue weighted by Crippen LogP contribution is -2.15. The Morgan fingerprint density at radius 1 is 1.16 bits per heavy atom. The lowest BCUT2D eigenvalue weighted by atomic mass is 10.1. The number of aryl methyl sites for hydroxylation is 1. The van der Waals surface area contributed by atoms with Gasteiger partial charge in [-0.3, -0.25) is 4.98 Å². The van der Waals surface area contributed by atoms with Crippen LogP contribution in [0.15, 0.2) is 36.7 Å². The van der Waals surface area contributed by atoms with E-state index in [0.717, 1.165) is 30.8 Å². The van der Waals surface area contributed by atoms with Crippen molar-refractivity contribution in [3.63, 3.8) is 0 Å². The average Bonchev–Trinajstić information content (AvgIpc) is 2.48. The molecule has 2 aromatic rings. The van der Waals surface area contributed by atoms with Crippen LogP contribution < -0.4 is 10.1 Å². The topological polar surface area (TPSA) is 47.0 Å². The highest BCUT2D eigenvalue weighted by Crippen LogP contribution is 2.08. The smallest absolute Gasteiger partial charge is 0.212 e. The molecule has 0 aliphatic rings. The highest BCUT2D eigenvalue weighted by molar-refractivity contribution is 5.20. The lowest BCUT2D eigenvalue weighted by Gasteiger charge is -2.08. The predicted octanol–water partition coefficient (Wildman–Crippen LogP) is 2.34. The van der Waals surface area contributed by atoms with E-state index >= 15 is 0 Å². The largest absolute Gasteiger partial charge is 0.481 e. The van der Waals surface area contributed by atoms with Gasteiger partial charge in [-0.05, 0) is 23.6 Å². The number of nitrogens with one attached hydrogen (secondary N) is 1. The maximum Gasteiger partial charge on any atom is 0.212 e. The second-order valence-electron chi connectivity index (χ2n) is 4.28. The van der Waals surface area contributed by atoms with E-state index in [-0.39, 0.29) is 0 Å². The number of rotatable bonds is 6. The number of aromatic nitrogens is 2. The summed E-state index contributed by atoms with van der Waals surface area (Å²) in [4.78, 5) is 8.59. The molecule has 4 heteroatoms. The van der Waals surface area contributed by atoms with E-state index in [1.807, 2.05) is 30.6 Å². The quantitative estimate of drug-likeness (QED) is 0.863. The Balaban J connectivity index is 1.88. The van der Waals surface area contributed by atoms with Gasteiger partial charge in [-0.2, -0.15) is 0 Å². The van der Waals surface area contributed by atoms with Crippen LogP contribution in [-0.4, -0.2) is 17.1 Å². The summed E-state index contributed by atoms with van der Waals surface area (Å²) in [5.41, 5.74) is 3.55. The third kappa shape index (κ3) is 3.76. The summed E-state index contributed by atoms with van der Waals surface area (Å²) in [5.74, 6) is 0.641. The first-order valence-electron chi connectivity index (χ1n) is 6.46. The van der Waals surface area contributed by atoms with E-state index in [9.17, 15) is 0 Å². The third-order valence-electron chi connectivity index (χ3n) is 2.99. The van der Waals surface area contributed by atoms with Crippen molar-refractivity contribution < 1.29 is 4.74 Å². The Labute approximate surface area is 113 Å². The molecular formula is C15H19N3O. The number of pyridine rings is 2. The highest BCUT2D eigenvalue weighted by Gasteiger charge is 2.01. The monoisotopic (exact) mass is 257 g/mol. The molecule has 0 atom stereocenters. The van der Waals surface area contributed by atoms with Crippen LogP contribution in [0.2, 0.25) is 0 Å². The van der Waals surface area contributed by atoms with Crippen molar-refractivity contribution in [3.05, 3.63) is 53.5 Å². The second kappa shape index (κ2) is 6.85. The molecule has 0 radical (unpaired) electrons. The van der Waals surface area contributed by atoms with Gasteiger partial charge in [-0.15, -0.1) is 0 Å². The summed E-state index contributed by atoms with van der Waals surface area (Å²) in [6.45, 7) is 3.70. The van der Waals surface area contributed by atoms with Gasteiger partial charge in [-0.25, -0.2) is 4.98 Å². The Morgan fingerprint density at radius 2 is 2.05 bits per heavy atom. The normalized spacial score (nSPS) is 10.4. The Morgan fingerprint density at radius 3 is 2.74 bits per heavy atom. The molecule has 0 spiro atoms. The number of hydrogen-bond donors (Lipinski definition) is 1. The van der Waals surface area contributed by atoms with Crippen LogP contribution in [0.5, 0.6) is 5.88 Å². The molecule has 4 nitrogen and oxygen atoms in total. The van der Waals surface area contributed by atoms with Crippen molar-refractivity contribution in [2.75, 3.05) is 7.11 Å². The minimum atomic E-state index is 0.641. The third-order valence-corrected chi connectivity index (χ3v) is 2.99. The summed E-state index contributed by atoms with van der Waals surface area (Å²) in [5, 5.41) is 3.39. The van der Waals surface area contributed by atoms with Crippen molar-refractivity contribution in [1.29, 1.82) is 0 Å². The maximum atomic E-state index is 5.03. The van der Waals surface area contributed by atoms with Crippen molar-refractivity contribution >= 4 is 0 Å². The van der Waals surface area contributed by atoms with Gasteiger partial charge < -0.3 is 10.1 Å². The molecule has 0 saturated carbocycles. The van der Waals surface area contributed by atoms with Gasteiger partial charge in [0.1, 0.15) is 0 Å². The first-order chi connectivity index (χ1) is 9.33. The van der Waals surface area contributed by atoms with E-state index in [4.69, 9.17) is 4.74 Å². The van der Waals surface area contributed by atoms with Crippen LogP contribution in [0, 0.1) is 0 Å². The summed E-state index contributed by atoms with van der Waals surface area (Å²) >= 11 is 0. The van der Waals surface area contributed by atoms with E-state index in [1.165, 1.54) is 5.56 Å². The molecule has 100 valence electrons. The number of ether oxygens (including phenoxy) is 1. The Bertz CT molecular complexity index is 511. The summed E-state index contributed by atoms with van der Waals surface area (Å²) in [6, 6.07) is 7.99. The summed E-state index contributed by atoms with van der Waals surface area (Å²) < 4.78 is 5.03. The van der Waals surface area contributed by atoms with Crippen LogP contribution in [0.25, 0.3) is 0 Å². The van der Waals surface area contributed by atoms with Gasteiger partial charge in [0.15, 0.2) is 0 Å². The fraction of sp³-hybridized carbons (Fsp3) is 0.333.